The monoisotopic (exact) mass is 261 g/mol. The van der Waals surface area contributed by atoms with Gasteiger partial charge in [-0.05, 0) is 62.8 Å². The van der Waals surface area contributed by atoms with Gasteiger partial charge in [-0.25, -0.2) is 0 Å². The van der Waals surface area contributed by atoms with Crippen molar-refractivity contribution in [2.24, 2.45) is 5.92 Å². The highest BCUT2D eigenvalue weighted by Gasteiger charge is 2.25. The molecule has 2 rings (SSSR count). The molecule has 1 aromatic rings. The normalized spacial score (nSPS) is 18.4. The van der Waals surface area contributed by atoms with Gasteiger partial charge in [0.1, 0.15) is 0 Å². The summed E-state index contributed by atoms with van der Waals surface area (Å²) in [5.41, 5.74) is 3.15. The van der Waals surface area contributed by atoms with Crippen LogP contribution in [0.15, 0.2) is 18.2 Å². The summed E-state index contributed by atoms with van der Waals surface area (Å²) in [6.07, 6.45) is 1.53. The predicted octanol–water partition coefficient (Wildman–Crippen LogP) is 2.54. The Hall–Kier alpha value is -1.35. The number of benzene rings is 1. The van der Waals surface area contributed by atoms with Crippen LogP contribution in [-0.4, -0.2) is 35.1 Å². The first kappa shape index (κ1) is 14.1. The quantitative estimate of drug-likeness (QED) is 0.888. The van der Waals surface area contributed by atoms with E-state index in [0.717, 1.165) is 37.1 Å². The highest BCUT2D eigenvalue weighted by Crippen LogP contribution is 2.22. The van der Waals surface area contributed by atoms with Gasteiger partial charge in [0.05, 0.1) is 6.10 Å². The molecule has 0 aliphatic carbocycles. The molecule has 3 nitrogen and oxygen atoms in total. The number of piperidine rings is 1. The van der Waals surface area contributed by atoms with Gasteiger partial charge in [-0.3, -0.25) is 4.79 Å². The van der Waals surface area contributed by atoms with Gasteiger partial charge in [-0.1, -0.05) is 6.07 Å². The summed E-state index contributed by atoms with van der Waals surface area (Å²) in [7, 11) is 0. The lowest BCUT2D eigenvalue weighted by molar-refractivity contribution is 0.0521. The second kappa shape index (κ2) is 5.74. The Balaban J connectivity index is 2.03. The minimum atomic E-state index is -0.265. The van der Waals surface area contributed by atoms with Gasteiger partial charge in [0.25, 0.3) is 5.91 Å². The minimum absolute atomic E-state index is 0.118. The summed E-state index contributed by atoms with van der Waals surface area (Å²) in [4.78, 5) is 14.3. The number of carbonyl (C=O) groups excluding carboxylic acids is 1. The zero-order valence-electron chi connectivity index (χ0n) is 12.0. The molecule has 104 valence electrons. The Bertz CT molecular complexity index is 460. The summed E-state index contributed by atoms with van der Waals surface area (Å²) in [5, 5.41) is 9.58. The number of carbonyl (C=O) groups is 1. The highest BCUT2D eigenvalue weighted by molar-refractivity contribution is 5.94. The number of amides is 1. The van der Waals surface area contributed by atoms with Gasteiger partial charge in [0.2, 0.25) is 0 Å². The Labute approximate surface area is 115 Å². The molecule has 0 radical (unpaired) electrons. The predicted molar refractivity (Wildman–Crippen MR) is 76.2 cm³/mol. The van der Waals surface area contributed by atoms with E-state index in [2.05, 4.69) is 6.92 Å². The van der Waals surface area contributed by atoms with Crippen LogP contribution >= 0.6 is 0 Å². The van der Waals surface area contributed by atoms with Gasteiger partial charge in [-0.2, -0.15) is 0 Å². The summed E-state index contributed by atoms with van der Waals surface area (Å²) < 4.78 is 0. The van der Waals surface area contributed by atoms with Crippen LogP contribution in [-0.2, 0) is 0 Å². The minimum Gasteiger partial charge on any atom is -0.393 e. The lowest BCUT2D eigenvalue weighted by atomic mass is 9.92. The van der Waals surface area contributed by atoms with Crippen LogP contribution in [0.2, 0.25) is 0 Å². The Kier molecular flexibility index (Phi) is 4.25. The molecule has 0 spiro atoms. The molecule has 1 amide bonds. The van der Waals surface area contributed by atoms with E-state index >= 15 is 0 Å². The number of hydrogen-bond donors (Lipinski definition) is 1. The number of rotatable bonds is 2. The summed E-state index contributed by atoms with van der Waals surface area (Å²) in [5.74, 6) is 0.455. The molecule has 19 heavy (non-hydrogen) atoms. The molecule has 0 bridgehead atoms. The second-order valence-corrected chi connectivity index (χ2v) is 5.67. The van der Waals surface area contributed by atoms with Crippen molar-refractivity contribution in [2.75, 3.05) is 13.1 Å². The first-order chi connectivity index (χ1) is 8.99. The van der Waals surface area contributed by atoms with Gasteiger partial charge in [0.15, 0.2) is 0 Å². The lowest BCUT2D eigenvalue weighted by Crippen LogP contribution is -2.40. The fourth-order valence-electron chi connectivity index (χ4n) is 2.64. The molecule has 1 aliphatic heterocycles. The number of aryl methyl sites for hydroxylation is 2. The van der Waals surface area contributed by atoms with E-state index in [1.165, 1.54) is 5.56 Å². The highest BCUT2D eigenvalue weighted by atomic mass is 16.3. The van der Waals surface area contributed by atoms with E-state index in [1.807, 2.05) is 36.9 Å². The molecule has 0 aromatic heterocycles. The van der Waals surface area contributed by atoms with Crippen LogP contribution < -0.4 is 0 Å². The molecule has 1 atom stereocenters. The molecule has 0 saturated carbocycles. The van der Waals surface area contributed by atoms with E-state index in [0.29, 0.717) is 5.92 Å². The van der Waals surface area contributed by atoms with Crippen LogP contribution in [0.4, 0.5) is 0 Å². The molecular formula is C16H23NO2. The number of aliphatic hydroxyl groups is 1. The molecule has 1 N–H and O–H groups in total. The third-order valence-corrected chi connectivity index (χ3v) is 4.26. The third kappa shape index (κ3) is 3.16. The van der Waals surface area contributed by atoms with Crippen LogP contribution in [0.25, 0.3) is 0 Å². The van der Waals surface area contributed by atoms with Crippen LogP contribution in [0.5, 0.6) is 0 Å². The zero-order chi connectivity index (χ0) is 14.0. The van der Waals surface area contributed by atoms with E-state index < -0.39 is 0 Å². The molecule has 1 aliphatic rings. The van der Waals surface area contributed by atoms with Crippen molar-refractivity contribution in [1.82, 2.24) is 4.90 Å². The average Bonchev–Trinajstić information content (AvgIpc) is 2.41. The molecule has 1 fully saturated rings. The Morgan fingerprint density at radius 3 is 2.42 bits per heavy atom. The molecule has 1 heterocycles. The van der Waals surface area contributed by atoms with Gasteiger partial charge < -0.3 is 10.0 Å². The first-order valence-electron chi connectivity index (χ1n) is 7.03. The number of likely N-dealkylation sites (tertiary alicyclic amines) is 1. The van der Waals surface area contributed by atoms with Crippen LogP contribution in [0, 0.1) is 19.8 Å². The molecular weight excluding hydrogens is 238 g/mol. The first-order valence-corrected chi connectivity index (χ1v) is 7.03. The molecule has 3 heteroatoms. The maximum atomic E-state index is 12.4. The average molecular weight is 261 g/mol. The molecule has 1 aromatic carbocycles. The van der Waals surface area contributed by atoms with Crippen LogP contribution in [0.1, 0.15) is 41.3 Å². The fraction of sp³-hybridized carbons (Fsp3) is 0.562. The Morgan fingerprint density at radius 2 is 1.89 bits per heavy atom. The van der Waals surface area contributed by atoms with Gasteiger partial charge in [0, 0.05) is 18.7 Å². The van der Waals surface area contributed by atoms with Gasteiger partial charge in [-0.15, -0.1) is 0 Å². The van der Waals surface area contributed by atoms with E-state index in [1.54, 1.807) is 0 Å². The summed E-state index contributed by atoms with van der Waals surface area (Å²) in [6, 6.07) is 5.88. The van der Waals surface area contributed by atoms with Crippen molar-refractivity contribution in [3.63, 3.8) is 0 Å². The molecule has 1 unspecified atom stereocenters. The lowest BCUT2D eigenvalue weighted by Gasteiger charge is -2.33. The van der Waals surface area contributed by atoms with Crippen molar-refractivity contribution in [1.29, 1.82) is 0 Å². The SMILES string of the molecule is Cc1ccc(C(=O)N2CCC(C(C)O)CC2)cc1C. The Morgan fingerprint density at radius 1 is 1.26 bits per heavy atom. The van der Waals surface area contributed by atoms with E-state index in [9.17, 15) is 9.90 Å². The van der Waals surface area contributed by atoms with Crippen molar-refractivity contribution in [2.45, 2.75) is 39.7 Å². The van der Waals surface area contributed by atoms with Gasteiger partial charge >= 0.3 is 0 Å². The van der Waals surface area contributed by atoms with Crippen molar-refractivity contribution < 1.29 is 9.90 Å². The molecule has 1 saturated heterocycles. The topological polar surface area (TPSA) is 40.5 Å². The van der Waals surface area contributed by atoms with E-state index in [-0.39, 0.29) is 12.0 Å². The van der Waals surface area contributed by atoms with Crippen LogP contribution in [0.3, 0.4) is 0 Å². The second-order valence-electron chi connectivity index (χ2n) is 5.67. The van der Waals surface area contributed by atoms with E-state index in [4.69, 9.17) is 0 Å². The summed E-state index contributed by atoms with van der Waals surface area (Å²) in [6.45, 7) is 7.43. The zero-order valence-corrected chi connectivity index (χ0v) is 12.0. The maximum Gasteiger partial charge on any atom is 0.253 e. The summed E-state index contributed by atoms with van der Waals surface area (Å²) >= 11 is 0. The standard InChI is InChI=1S/C16H23NO2/c1-11-4-5-15(10-12(11)2)16(19)17-8-6-14(7-9-17)13(3)18/h4-5,10,13-14,18H,6-9H2,1-3H3. The third-order valence-electron chi connectivity index (χ3n) is 4.26. The van der Waals surface area contributed by atoms with Crippen molar-refractivity contribution >= 4 is 5.91 Å². The maximum absolute atomic E-state index is 12.4. The number of aliphatic hydroxyl groups excluding tert-OH is 1. The largest absolute Gasteiger partial charge is 0.393 e. The fourth-order valence-corrected chi connectivity index (χ4v) is 2.64. The number of nitrogens with zero attached hydrogens (tertiary/aromatic N) is 1. The number of hydrogen-bond acceptors (Lipinski definition) is 2. The van der Waals surface area contributed by atoms with Crippen molar-refractivity contribution in [3.05, 3.63) is 34.9 Å². The smallest absolute Gasteiger partial charge is 0.253 e. The van der Waals surface area contributed by atoms with Crippen molar-refractivity contribution in [3.8, 4) is 0 Å².